The molecule has 0 atom stereocenters. The van der Waals surface area contributed by atoms with Gasteiger partial charge < -0.3 is 19.3 Å². The van der Waals surface area contributed by atoms with E-state index in [0.717, 1.165) is 75.6 Å². The van der Waals surface area contributed by atoms with Crippen molar-refractivity contribution in [2.75, 3.05) is 57.4 Å². The van der Waals surface area contributed by atoms with Gasteiger partial charge in [0.15, 0.2) is 10.9 Å². The Morgan fingerprint density at radius 2 is 1.57 bits per heavy atom. The number of amides is 1. The monoisotopic (exact) mass is 579 g/mol. The fourth-order valence-corrected chi connectivity index (χ4v) is 6.54. The third-order valence-electron chi connectivity index (χ3n) is 7.80. The van der Waals surface area contributed by atoms with Gasteiger partial charge in [-0.3, -0.25) is 9.69 Å². The lowest BCUT2D eigenvalue weighted by molar-refractivity contribution is -0.169. The van der Waals surface area contributed by atoms with Crippen molar-refractivity contribution in [1.82, 2.24) is 19.8 Å². The summed E-state index contributed by atoms with van der Waals surface area (Å²) in [5, 5.41) is 1.08. The first-order valence-corrected chi connectivity index (χ1v) is 15.3. The molecule has 4 heterocycles. The van der Waals surface area contributed by atoms with E-state index in [9.17, 15) is 4.79 Å². The summed E-state index contributed by atoms with van der Waals surface area (Å²) in [5.41, 5.74) is 3.14. The van der Waals surface area contributed by atoms with Crippen molar-refractivity contribution < 1.29 is 14.3 Å². The lowest BCUT2D eigenvalue weighted by atomic mass is 10.0. The van der Waals surface area contributed by atoms with Crippen molar-refractivity contribution >= 4 is 35.1 Å². The quantitative estimate of drug-likeness (QED) is 0.226. The molecule has 8 nitrogen and oxygen atoms in total. The molecule has 2 aromatic carbocycles. The second kappa shape index (κ2) is 12.4. The minimum absolute atomic E-state index is 0.0955. The second-order valence-electron chi connectivity index (χ2n) is 10.5. The molecule has 3 fully saturated rings. The normalized spacial score (nSPS) is 19.3. The van der Waals surface area contributed by atoms with Crippen LogP contribution in [0.5, 0.6) is 0 Å². The summed E-state index contributed by atoms with van der Waals surface area (Å²) in [6.07, 6.45) is 1.62. The van der Waals surface area contributed by atoms with Gasteiger partial charge in [0, 0.05) is 76.0 Å². The molecule has 210 valence electrons. The number of nitrogens with zero attached hydrogens (tertiary/aromatic N) is 5. The van der Waals surface area contributed by atoms with Gasteiger partial charge in [-0.2, -0.15) is 0 Å². The first-order chi connectivity index (χ1) is 19.6. The molecule has 1 aromatic heterocycles. The van der Waals surface area contributed by atoms with Gasteiger partial charge in [-0.15, -0.1) is 0 Å². The van der Waals surface area contributed by atoms with Crippen LogP contribution in [0.2, 0.25) is 5.15 Å². The predicted molar refractivity (Wildman–Crippen MR) is 157 cm³/mol. The van der Waals surface area contributed by atoms with Gasteiger partial charge in [-0.25, -0.2) is 9.97 Å². The van der Waals surface area contributed by atoms with Crippen molar-refractivity contribution in [1.29, 1.82) is 0 Å². The Morgan fingerprint density at radius 1 is 0.875 bits per heavy atom. The topological polar surface area (TPSA) is 71.0 Å². The molecule has 3 aliphatic rings. The molecule has 6 rings (SSSR count). The molecule has 40 heavy (non-hydrogen) atoms. The minimum atomic E-state index is -0.421. The number of hydrogen-bond acceptors (Lipinski definition) is 8. The number of anilines is 1. The third-order valence-corrected chi connectivity index (χ3v) is 8.91. The average molecular weight is 580 g/mol. The van der Waals surface area contributed by atoms with Crippen LogP contribution in [-0.4, -0.2) is 83.9 Å². The largest absolute Gasteiger partial charge is 0.356 e. The van der Waals surface area contributed by atoms with Gasteiger partial charge in [0.2, 0.25) is 0 Å². The van der Waals surface area contributed by atoms with Crippen LogP contribution < -0.4 is 4.90 Å². The van der Waals surface area contributed by atoms with Crippen LogP contribution in [0, 0.1) is 0 Å². The number of ether oxygens (including phenoxy) is 2. The second-order valence-corrected chi connectivity index (χ2v) is 11.8. The van der Waals surface area contributed by atoms with Crippen LogP contribution in [0.3, 0.4) is 0 Å². The van der Waals surface area contributed by atoms with E-state index < -0.39 is 5.79 Å². The number of carbonyl (C=O) groups excluding carboxylic acids is 1. The molecule has 0 bridgehead atoms. The number of piperazine rings is 1. The van der Waals surface area contributed by atoms with E-state index in [2.05, 4.69) is 39.0 Å². The maximum atomic E-state index is 13.1. The Bertz CT molecular complexity index is 1290. The van der Waals surface area contributed by atoms with E-state index >= 15 is 0 Å². The molecule has 0 N–H and O–H groups in total. The smallest absolute Gasteiger partial charge is 0.253 e. The maximum Gasteiger partial charge on any atom is 0.253 e. The van der Waals surface area contributed by atoms with Gasteiger partial charge in [0.25, 0.3) is 5.91 Å². The van der Waals surface area contributed by atoms with Crippen LogP contribution in [0.25, 0.3) is 0 Å². The molecule has 3 aromatic rings. The Hall–Kier alpha value is -2.69. The molecule has 0 radical (unpaired) electrons. The molecule has 3 saturated heterocycles. The number of rotatable bonds is 7. The zero-order chi connectivity index (χ0) is 27.4. The van der Waals surface area contributed by atoms with Gasteiger partial charge in [0.05, 0.1) is 13.2 Å². The van der Waals surface area contributed by atoms with E-state index in [0.29, 0.717) is 29.3 Å². The summed E-state index contributed by atoms with van der Waals surface area (Å²) in [7, 11) is 0. The molecule has 1 amide bonds. The zero-order valence-electron chi connectivity index (χ0n) is 22.5. The summed E-state index contributed by atoms with van der Waals surface area (Å²) in [6.45, 7) is 7.13. The summed E-state index contributed by atoms with van der Waals surface area (Å²) in [5.74, 6) is 1.20. The highest BCUT2D eigenvalue weighted by Gasteiger charge is 2.40. The molecule has 0 aliphatic carbocycles. The molecule has 1 spiro atoms. The van der Waals surface area contributed by atoms with Gasteiger partial charge >= 0.3 is 0 Å². The van der Waals surface area contributed by atoms with Crippen LogP contribution in [0.15, 0.2) is 65.8 Å². The summed E-state index contributed by atoms with van der Waals surface area (Å²) in [6, 6.07) is 20.2. The summed E-state index contributed by atoms with van der Waals surface area (Å²) < 4.78 is 11.7. The first kappa shape index (κ1) is 27.5. The highest BCUT2D eigenvalue weighted by Crippen LogP contribution is 2.34. The molecule has 0 saturated carbocycles. The average Bonchev–Trinajstić information content (AvgIpc) is 3.45. The minimum Gasteiger partial charge on any atom is -0.356 e. The van der Waals surface area contributed by atoms with Crippen molar-refractivity contribution in [3.05, 3.63) is 82.5 Å². The molecule has 3 aliphatic heterocycles. The highest BCUT2D eigenvalue weighted by molar-refractivity contribution is 7.98. The Kier molecular flexibility index (Phi) is 8.55. The van der Waals surface area contributed by atoms with Gasteiger partial charge in [-0.05, 0) is 23.3 Å². The fourth-order valence-electron chi connectivity index (χ4n) is 5.50. The third kappa shape index (κ3) is 6.61. The van der Waals surface area contributed by atoms with Crippen LogP contribution in [0.1, 0.15) is 34.3 Å². The zero-order valence-corrected chi connectivity index (χ0v) is 24.1. The highest BCUT2D eigenvalue weighted by atomic mass is 35.5. The number of thioether (sulfide) groups is 1. The number of hydrogen-bond donors (Lipinski definition) is 0. The molecule has 0 unspecified atom stereocenters. The van der Waals surface area contributed by atoms with E-state index in [-0.39, 0.29) is 5.91 Å². The SMILES string of the molecule is O=C(c1ccc(CSc2nc(Cl)cc(N3CCC4(CC3)OCCO4)n2)cc1)N1CCN(Cc2ccccc2)CC1. The van der Waals surface area contributed by atoms with E-state index in [1.54, 1.807) is 11.8 Å². The van der Waals surface area contributed by atoms with Crippen molar-refractivity contribution in [2.24, 2.45) is 0 Å². The van der Waals surface area contributed by atoms with Crippen molar-refractivity contribution in [2.45, 2.75) is 36.1 Å². The number of carbonyl (C=O) groups is 1. The predicted octanol–water partition coefficient (Wildman–Crippen LogP) is 4.72. The Morgan fingerprint density at radius 3 is 2.27 bits per heavy atom. The Labute approximate surface area is 244 Å². The lowest BCUT2D eigenvalue weighted by Crippen LogP contribution is -2.48. The van der Waals surface area contributed by atoms with Crippen molar-refractivity contribution in [3.8, 4) is 0 Å². The number of aromatic nitrogens is 2. The Balaban J connectivity index is 0.998. The van der Waals surface area contributed by atoms with Crippen LogP contribution in [0.4, 0.5) is 5.82 Å². The summed E-state index contributed by atoms with van der Waals surface area (Å²) >= 11 is 7.91. The van der Waals surface area contributed by atoms with Crippen molar-refractivity contribution in [3.63, 3.8) is 0 Å². The molecular formula is C30H34ClN5O3S. The maximum absolute atomic E-state index is 13.1. The first-order valence-electron chi connectivity index (χ1n) is 13.9. The molecular weight excluding hydrogens is 546 g/mol. The number of benzene rings is 2. The standard InChI is InChI=1S/C30H34ClN5O3S/c31-26-20-27(35-12-10-30(11-13-35)38-18-19-39-30)33-29(32-26)40-22-24-6-8-25(9-7-24)28(37)36-16-14-34(15-17-36)21-23-4-2-1-3-5-23/h1-9,20H,10-19,21-22H2. The number of piperidine rings is 1. The van der Waals surface area contributed by atoms with Crippen LogP contribution >= 0.6 is 23.4 Å². The van der Waals surface area contributed by atoms with Gasteiger partial charge in [0.1, 0.15) is 11.0 Å². The number of halogens is 1. The van der Waals surface area contributed by atoms with Crippen LogP contribution in [-0.2, 0) is 21.8 Å². The van der Waals surface area contributed by atoms with E-state index in [1.807, 2.05) is 41.3 Å². The van der Waals surface area contributed by atoms with E-state index in [4.69, 9.17) is 26.1 Å². The molecule has 10 heteroatoms. The summed E-state index contributed by atoms with van der Waals surface area (Å²) in [4.78, 5) is 28.9. The fraction of sp³-hybridized carbons (Fsp3) is 0.433. The van der Waals surface area contributed by atoms with E-state index in [1.165, 1.54) is 5.56 Å². The lowest BCUT2D eigenvalue weighted by Gasteiger charge is -2.38. The van der Waals surface area contributed by atoms with Gasteiger partial charge in [-0.1, -0.05) is 65.8 Å².